The third-order valence-electron chi connectivity index (χ3n) is 4.38. The molecule has 9 nitrogen and oxygen atoms in total. The van der Waals surface area contributed by atoms with Gasteiger partial charge < -0.3 is 15.2 Å². The summed E-state index contributed by atoms with van der Waals surface area (Å²) in [5.74, 6) is 0.459. The van der Waals surface area contributed by atoms with Crippen molar-refractivity contribution in [3.05, 3.63) is 53.9 Å². The van der Waals surface area contributed by atoms with E-state index < -0.39 is 12.2 Å². The smallest absolute Gasteiger partial charge is 0.278 e. The molecule has 3 aromatic rings. The van der Waals surface area contributed by atoms with E-state index in [1.54, 1.807) is 23.7 Å². The minimum absolute atomic E-state index is 0.0233. The first-order valence-electron chi connectivity index (χ1n) is 8.94. The molecule has 3 heterocycles. The molecule has 1 aromatic carbocycles. The van der Waals surface area contributed by atoms with Crippen LogP contribution in [-0.4, -0.2) is 32.8 Å². The van der Waals surface area contributed by atoms with Crippen LogP contribution in [-0.2, 0) is 4.79 Å². The summed E-state index contributed by atoms with van der Waals surface area (Å²) in [5.41, 5.74) is 1.73. The van der Waals surface area contributed by atoms with Crippen LogP contribution in [0, 0.1) is 6.92 Å². The molecule has 0 aliphatic carbocycles. The van der Waals surface area contributed by atoms with Gasteiger partial charge in [0.25, 0.3) is 5.91 Å². The molecule has 1 aliphatic rings. The highest BCUT2D eigenvalue weighted by atomic mass is 16.5. The van der Waals surface area contributed by atoms with Gasteiger partial charge in [-0.2, -0.15) is 5.10 Å². The van der Waals surface area contributed by atoms with Crippen molar-refractivity contribution in [2.24, 2.45) is 0 Å². The molecule has 4 rings (SSSR count). The fourth-order valence-electron chi connectivity index (χ4n) is 3.08. The number of amides is 2. The van der Waals surface area contributed by atoms with Crippen LogP contribution >= 0.6 is 0 Å². The van der Waals surface area contributed by atoms with Crippen LogP contribution in [0.2, 0.25) is 0 Å². The number of benzene rings is 1. The number of aromatic nitrogens is 3. The molecule has 2 amide bonds. The molecule has 9 heteroatoms. The molecular weight excluding hydrogens is 360 g/mol. The SMILES string of the molecule is Cc1cc(C(=O)Nc2cc(-c3ccccc3)nn2C2NC(=O)CC(C)N2)no1. The predicted molar refractivity (Wildman–Crippen MR) is 101 cm³/mol. The van der Waals surface area contributed by atoms with E-state index in [1.165, 1.54) is 0 Å². The Morgan fingerprint density at radius 3 is 2.75 bits per heavy atom. The Kier molecular flexibility index (Phi) is 4.66. The second-order valence-electron chi connectivity index (χ2n) is 6.74. The monoisotopic (exact) mass is 380 g/mol. The van der Waals surface area contributed by atoms with Crippen molar-refractivity contribution in [2.45, 2.75) is 32.6 Å². The highest BCUT2D eigenvalue weighted by molar-refractivity contribution is 6.02. The van der Waals surface area contributed by atoms with Gasteiger partial charge in [-0.15, -0.1) is 0 Å². The first-order chi connectivity index (χ1) is 13.5. The zero-order valence-electron chi connectivity index (χ0n) is 15.5. The summed E-state index contributed by atoms with van der Waals surface area (Å²) in [7, 11) is 0. The van der Waals surface area contributed by atoms with E-state index in [0.29, 0.717) is 23.7 Å². The molecule has 2 unspecified atom stereocenters. The number of carbonyl (C=O) groups excluding carboxylic acids is 2. The van der Waals surface area contributed by atoms with Crippen molar-refractivity contribution in [2.75, 3.05) is 5.32 Å². The zero-order valence-corrected chi connectivity index (χ0v) is 15.5. The average molecular weight is 380 g/mol. The van der Waals surface area contributed by atoms with E-state index in [9.17, 15) is 9.59 Å². The Hall–Kier alpha value is -3.46. The highest BCUT2D eigenvalue weighted by Crippen LogP contribution is 2.25. The summed E-state index contributed by atoms with van der Waals surface area (Å²) < 4.78 is 6.53. The molecule has 1 fully saturated rings. The third kappa shape index (κ3) is 3.65. The maximum Gasteiger partial charge on any atom is 0.278 e. The minimum atomic E-state index is -0.581. The molecule has 0 bridgehead atoms. The van der Waals surface area contributed by atoms with Gasteiger partial charge in [0, 0.05) is 30.2 Å². The highest BCUT2D eigenvalue weighted by Gasteiger charge is 2.27. The molecule has 0 radical (unpaired) electrons. The quantitative estimate of drug-likeness (QED) is 0.638. The minimum Gasteiger partial charge on any atom is -0.361 e. The topological polar surface area (TPSA) is 114 Å². The van der Waals surface area contributed by atoms with Crippen LogP contribution < -0.4 is 16.0 Å². The van der Waals surface area contributed by atoms with Crippen LogP contribution in [0.3, 0.4) is 0 Å². The molecule has 2 atom stereocenters. The third-order valence-corrected chi connectivity index (χ3v) is 4.38. The van der Waals surface area contributed by atoms with Crippen molar-refractivity contribution < 1.29 is 14.1 Å². The Labute approximate surface area is 161 Å². The van der Waals surface area contributed by atoms with Crippen LogP contribution in [0.4, 0.5) is 5.82 Å². The molecule has 2 aromatic heterocycles. The van der Waals surface area contributed by atoms with Crippen LogP contribution in [0.25, 0.3) is 11.3 Å². The lowest BCUT2D eigenvalue weighted by atomic mass is 10.1. The molecule has 1 aliphatic heterocycles. The summed E-state index contributed by atoms with van der Waals surface area (Å²) in [6.07, 6.45) is -0.202. The largest absolute Gasteiger partial charge is 0.361 e. The summed E-state index contributed by atoms with van der Waals surface area (Å²) in [6, 6.07) is 12.9. The second-order valence-corrected chi connectivity index (χ2v) is 6.74. The summed E-state index contributed by atoms with van der Waals surface area (Å²) in [6.45, 7) is 3.63. The van der Waals surface area contributed by atoms with Gasteiger partial charge in [0.15, 0.2) is 12.0 Å². The van der Waals surface area contributed by atoms with Crippen molar-refractivity contribution >= 4 is 17.6 Å². The van der Waals surface area contributed by atoms with Crippen molar-refractivity contribution in [1.29, 1.82) is 0 Å². The lowest BCUT2D eigenvalue weighted by Gasteiger charge is -2.30. The van der Waals surface area contributed by atoms with E-state index in [1.807, 2.05) is 37.3 Å². The number of anilines is 1. The van der Waals surface area contributed by atoms with Gasteiger partial charge in [-0.1, -0.05) is 35.5 Å². The molecule has 0 spiro atoms. The molecule has 3 N–H and O–H groups in total. The molecular formula is C19H20N6O3. The number of aryl methyl sites for hydroxylation is 1. The van der Waals surface area contributed by atoms with E-state index in [2.05, 4.69) is 26.2 Å². The van der Waals surface area contributed by atoms with Crippen LogP contribution in [0.5, 0.6) is 0 Å². The van der Waals surface area contributed by atoms with Gasteiger partial charge in [0.05, 0.1) is 5.69 Å². The van der Waals surface area contributed by atoms with Gasteiger partial charge in [-0.3, -0.25) is 14.9 Å². The first-order valence-corrected chi connectivity index (χ1v) is 8.94. The normalized spacial score (nSPS) is 19.3. The Morgan fingerprint density at radius 2 is 2.07 bits per heavy atom. The maximum atomic E-state index is 12.6. The molecule has 144 valence electrons. The van der Waals surface area contributed by atoms with E-state index in [4.69, 9.17) is 4.52 Å². The fraction of sp³-hybridized carbons (Fsp3) is 0.263. The Balaban J connectivity index is 1.69. The van der Waals surface area contributed by atoms with E-state index >= 15 is 0 Å². The number of nitrogens with one attached hydrogen (secondary N) is 3. The van der Waals surface area contributed by atoms with Gasteiger partial charge >= 0.3 is 0 Å². The average Bonchev–Trinajstić information content (AvgIpc) is 3.28. The van der Waals surface area contributed by atoms with Crippen molar-refractivity contribution in [1.82, 2.24) is 25.6 Å². The predicted octanol–water partition coefficient (Wildman–Crippen LogP) is 2.05. The van der Waals surface area contributed by atoms with Crippen molar-refractivity contribution in [3.8, 4) is 11.3 Å². The summed E-state index contributed by atoms with van der Waals surface area (Å²) in [4.78, 5) is 24.5. The van der Waals surface area contributed by atoms with Gasteiger partial charge in [0.2, 0.25) is 5.91 Å². The lowest BCUT2D eigenvalue weighted by molar-refractivity contribution is -0.125. The van der Waals surface area contributed by atoms with Crippen LogP contribution in [0.15, 0.2) is 47.0 Å². The number of hydrogen-bond acceptors (Lipinski definition) is 6. The molecule has 28 heavy (non-hydrogen) atoms. The van der Waals surface area contributed by atoms with Crippen molar-refractivity contribution in [3.63, 3.8) is 0 Å². The summed E-state index contributed by atoms with van der Waals surface area (Å²) >= 11 is 0. The number of hydrogen-bond donors (Lipinski definition) is 3. The molecule has 0 saturated carbocycles. The maximum absolute atomic E-state index is 12.6. The Morgan fingerprint density at radius 1 is 1.29 bits per heavy atom. The fourth-order valence-corrected chi connectivity index (χ4v) is 3.08. The van der Waals surface area contributed by atoms with Gasteiger partial charge in [-0.05, 0) is 13.8 Å². The Bertz CT molecular complexity index is 1010. The van der Waals surface area contributed by atoms with Crippen LogP contribution in [0.1, 0.15) is 35.9 Å². The van der Waals surface area contributed by atoms with Gasteiger partial charge in [-0.25, -0.2) is 4.68 Å². The first kappa shape index (κ1) is 17.9. The van der Waals surface area contributed by atoms with Gasteiger partial charge in [0.1, 0.15) is 11.6 Å². The lowest BCUT2D eigenvalue weighted by Crippen LogP contribution is -2.52. The summed E-state index contributed by atoms with van der Waals surface area (Å²) in [5, 5.41) is 17.3. The number of nitrogens with zero attached hydrogens (tertiary/aromatic N) is 3. The zero-order chi connectivity index (χ0) is 19.7. The van der Waals surface area contributed by atoms with E-state index in [-0.39, 0.29) is 17.6 Å². The van der Waals surface area contributed by atoms with E-state index in [0.717, 1.165) is 5.56 Å². The molecule has 1 saturated heterocycles. The second kappa shape index (κ2) is 7.28. The standard InChI is InChI=1S/C19H20N6O3/c1-11-8-17(26)22-19(20-11)25-16(21-18(27)15-9-12(2)28-24-15)10-14(23-25)13-6-4-3-5-7-13/h3-7,9-11,19-20H,8H2,1-2H3,(H,21,27)(H,22,26). The number of rotatable bonds is 4. The number of carbonyl (C=O) groups is 2.